The van der Waals surface area contributed by atoms with Gasteiger partial charge in [0, 0.05) is 30.2 Å². The number of Topliss-reactive ketones (excluding diaryl/α,β-unsaturated/α-hetero) is 1. The van der Waals surface area contributed by atoms with Gasteiger partial charge >= 0.3 is 0 Å². The Hall–Kier alpha value is -3.27. The summed E-state index contributed by atoms with van der Waals surface area (Å²) in [5.74, 6) is 1.00. The van der Waals surface area contributed by atoms with Crippen LogP contribution in [-0.4, -0.2) is 44.3 Å². The van der Waals surface area contributed by atoms with Gasteiger partial charge < -0.3 is 9.47 Å². The minimum absolute atomic E-state index is 0. The van der Waals surface area contributed by atoms with Gasteiger partial charge in [-0.3, -0.25) is 14.2 Å². The maximum Gasteiger partial charge on any atom is 0.240 e. The van der Waals surface area contributed by atoms with Crippen LogP contribution >= 0.6 is 45.2 Å². The Bertz CT molecular complexity index is 1600. The smallest absolute Gasteiger partial charge is 0.240 e. The molecule has 208 valence electrons. The zero-order chi connectivity index (χ0) is 27.9. The molecule has 0 aliphatic heterocycles. The molecular weight excluding hydrogens is 746 g/mol. The zero-order valence-electron chi connectivity index (χ0n) is 20.7. The molecule has 0 aliphatic carbocycles. The Morgan fingerprint density at radius 2 is 1.45 bits per heavy atom. The van der Waals surface area contributed by atoms with E-state index in [1.165, 1.54) is 43.5 Å². The lowest BCUT2D eigenvalue weighted by molar-refractivity contribution is 0.0982. The highest BCUT2D eigenvalue weighted by Crippen LogP contribution is 2.25. The van der Waals surface area contributed by atoms with E-state index in [1.807, 2.05) is 33.2 Å². The first-order valence-electron chi connectivity index (χ1n) is 11.5. The lowest BCUT2D eigenvalue weighted by Crippen LogP contribution is -2.05. The van der Waals surface area contributed by atoms with Gasteiger partial charge in [0.25, 0.3) is 0 Å². The number of rotatable bonds is 7. The van der Waals surface area contributed by atoms with Crippen molar-refractivity contribution in [2.24, 2.45) is 0 Å². The molecule has 0 fully saturated rings. The first-order valence-corrected chi connectivity index (χ1v) is 13.6. The van der Waals surface area contributed by atoms with E-state index in [0.29, 0.717) is 29.4 Å². The van der Waals surface area contributed by atoms with Crippen LogP contribution in [0.4, 0.5) is 8.78 Å². The predicted octanol–water partition coefficient (Wildman–Crippen LogP) is 6.83. The number of benzene rings is 2. The van der Waals surface area contributed by atoms with E-state index in [1.54, 1.807) is 31.6 Å². The molecule has 0 unspecified atom stereocenters. The van der Waals surface area contributed by atoms with E-state index in [4.69, 9.17) is 9.47 Å². The number of ketones is 1. The number of nitrogens with zero attached hydrogens (tertiary/aromatic N) is 5. The molecular formula is C28H25F2I2N5O3. The standard InChI is InChI=1S/C14H12FIN2O2.C13H9FIN3O.CH4/c1-20-14-11(17-8-13(16)18-14)6-7-12(19)9-2-4-10(15)5-3-9;1-19-13-10-6-16-12(18(10)7-11(15)17-13)8-2-4-9(14)5-3-8;/h2-5,8H,6-7H2,1H3;2-7H,1H3;1H4. The molecule has 0 spiro atoms. The van der Waals surface area contributed by atoms with Crippen LogP contribution in [0.25, 0.3) is 16.9 Å². The second-order valence-electron chi connectivity index (χ2n) is 8.00. The average molecular weight is 771 g/mol. The molecule has 3 heterocycles. The molecule has 2 aromatic carbocycles. The van der Waals surface area contributed by atoms with Gasteiger partial charge in [-0.15, -0.1) is 0 Å². The Labute approximate surface area is 257 Å². The summed E-state index contributed by atoms with van der Waals surface area (Å²) in [6.45, 7) is 0. The normalized spacial score (nSPS) is 10.3. The lowest BCUT2D eigenvalue weighted by Gasteiger charge is -2.06. The highest BCUT2D eigenvalue weighted by atomic mass is 127. The Balaban J connectivity index is 0.000000215. The van der Waals surface area contributed by atoms with Crippen LogP contribution in [0.1, 0.15) is 29.9 Å². The minimum atomic E-state index is -0.355. The van der Waals surface area contributed by atoms with Crippen molar-refractivity contribution in [2.75, 3.05) is 14.2 Å². The predicted molar refractivity (Wildman–Crippen MR) is 165 cm³/mol. The number of methoxy groups -OCH3 is 2. The highest BCUT2D eigenvalue weighted by molar-refractivity contribution is 14.1. The van der Waals surface area contributed by atoms with Gasteiger partial charge in [-0.25, -0.2) is 23.7 Å². The number of hydrogen-bond acceptors (Lipinski definition) is 7. The van der Waals surface area contributed by atoms with E-state index in [0.717, 1.165) is 24.3 Å². The van der Waals surface area contributed by atoms with Crippen LogP contribution in [0.15, 0.2) is 67.1 Å². The summed E-state index contributed by atoms with van der Waals surface area (Å²) in [5, 5.41) is 0. The van der Waals surface area contributed by atoms with Gasteiger partial charge in [-0.05, 0) is 93.7 Å². The van der Waals surface area contributed by atoms with Gasteiger partial charge in [-0.2, -0.15) is 0 Å². The Kier molecular flexibility index (Phi) is 11.2. The molecule has 3 aromatic heterocycles. The number of imidazole rings is 1. The van der Waals surface area contributed by atoms with Gasteiger partial charge in [0.15, 0.2) is 5.78 Å². The third-order valence-corrected chi connectivity index (χ3v) is 6.53. The fourth-order valence-corrected chi connectivity index (χ4v) is 4.48. The van der Waals surface area contributed by atoms with Crippen molar-refractivity contribution in [3.8, 4) is 23.1 Å². The van der Waals surface area contributed by atoms with Crippen molar-refractivity contribution in [3.05, 3.63) is 97.4 Å². The lowest BCUT2D eigenvalue weighted by atomic mass is 10.1. The van der Waals surface area contributed by atoms with Gasteiger partial charge in [0.05, 0.1) is 26.6 Å². The number of halogens is 4. The van der Waals surface area contributed by atoms with Crippen LogP contribution in [0, 0.1) is 19.0 Å². The van der Waals surface area contributed by atoms with Crippen LogP contribution in [0.3, 0.4) is 0 Å². The fourth-order valence-electron chi connectivity index (χ4n) is 3.63. The van der Waals surface area contributed by atoms with Crippen molar-refractivity contribution < 1.29 is 23.0 Å². The number of hydrogen-bond donors (Lipinski definition) is 0. The zero-order valence-corrected chi connectivity index (χ0v) is 25.1. The van der Waals surface area contributed by atoms with E-state index in [2.05, 4.69) is 42.5 Å². The monoisotopic (exact) mass is 771 g/mol. The first kappa shape index (κ1) is 31.3. The average Bonchev–Trinajstić information content (AvgIpc) is 3.36. The van der Waals surface area contributed by atoms with E-state index in [9.17, 15) is 13.6 Å². The quantitative estimate of drug-likeness (QED) is 0.133. The molecule has 0 N–H and O–H groups in total. The topological polar surface area (TPSA) is 91.5 Å². The van der Waals surface area contributed by atoms with E-state index >= 15 is 0 Å². The number of carbonyl (C=O) groups is 1. The van der Waals surface area contributed by atoms with E-state index < -0.39 is 0 Å². The Morgan fingerprint density at radius 3 is 2.08 bits per heavy atom. The Morgan fingerprint density at radius 1 is 0.850 bits per heavy atom. The second-order valence-corrected chi connectivity index (χ2v) is 10.2. The molecule has 40 heavy (non-hydrogen) atoms. The van der Waals surface area contributed by atoms with Crippen LogP contribution in [-0.2, 0) is 6.42 Å². The maximum absolute atomic E-state index is 13.0. The maximum atomic E-state index is 13.0. The molecule has 5 aromatic rings. The summed E-state index contributed by atoms with van der Waals surface area (Å²) in [5.41, 5.74) is 2.75. The van der Waals surface area contributed by atoms with Crippen LogP contribution in [0.2, 0.25) is 0 Å². The van der Waals surface area contributed by atoms with Gasteiger partial charge in [-0.1, -0.05) is 7.43 Å². The van der Waals surface area contributed by atoms with Gasteiger partial charge in [0.2, 0.25) is 11.8 Å². The largest absolute Gasteiger partial charge is 0.480 e. The number of carbonyl (C=O) groups excluding carboxylic acids is 1. The molecule has 0 bridgehead atoms. The van der Waals surface area contributed by atoms with Crippen molar-refractivity contribution >= 4 is 56.5 Å². The summed E-state index contributed by atoms with van der Waals surface area (Å²) in [6, 6.07) is 11.7. The van der Waals surface area contributed by atoms with Gasteiger partial charge in [0.1, 0.15) is 36.1 Å². The van der Waals surface area contributed by atoms with Crippen LogP contribution < -0.4 is 9.47 Å². The highest BCUT2D eigenvalue weighted by Gasteiger charge is 2.13. The number of aromatic nitrogens is 5. The SMILES string of the molecule is C.COc1nc(I)cn2c(-c3ccc(F)cc3)ncc12.COc1nc(I)cnc1CCC(=O)c1ccc(F)cc1. The molecule has 12 heteroatoms. The molecule has 5 rings (SSSR count). The number of aryl methyl sites for hydroxylation is 1. The summed E-state index contributed by atoms with van der Waals surface area (Å²) in [6.07, 6.45) is 5.89. The molecule has 8 nitrogen and oxygen atoms in total. The first-order chi connectivity index (χ1) is 18.8. The number of fused-ring (bicyclic) bond motifs is 1. The molecule has 0 radical (unpaired) electrons. The third-order valence-electron chi connectivity index (χ3n) is 5.49. The number of ether oxygens (including phenoxy) is 2. The summed E-state index contributed by atoms with van der Waals surface area (Å²) >= 11 is 4.16. The minimum Gasteiger partial charge on any atom is -0.480 e. The van der Waals surface area contributed by atoms with E-state index in [-0.39, 0.29) is 31.3 Å². The summed E-state index contributed by atoms with van der Waals surface area (Å²) in [7, 11) is 3.09. The van der Waals surface area contributed by atoms with Crippen LogP contribution in [0.5, 0.6) is 11.8 Å². The second kappa shape index (κ2) is 14.4. The van der Waals surface area contributed by atoms with Crippen molar-refractivity contribution in [1.82, 2.24) is 24.3 Å². The third kappa shape index (κ3) is 7.68. The van der Waals surface area contributed by atoms with Crippen molar-refractivity contribution in [1.29, 1.82) is 0 Å². The summed E-state index contributed by atoms with van der Waals surface area (Å²) < 4.78 is 39.6. The molecule has 0 aliphatic rings. The summed E-state index contributed by atoms with van der Waals surface area (Å²) in [4.78, 5) is 29.0. The van der Waals surface area contributed by atoms with Crippen molar-refractivity contribution in [2.45, 2.75) is 20.3 Å². The van der Waals surface area contributed by atoms with Crippen molar-refractivity contribution in [3.63, 3.8) is 0 Å². The molecule has 0 saturated carbocycles. The molecule has 0 saturated heterocycles. The fraction of sp³-hybridized carbons (Fsp3) is 0.179. The molecule has 0 atom stereocenters. The molecule has 0 amide bonds.